The Morgan fingerprint density at radius 3 is 2.61 bits per heavy atom. The zero-order valence-corrected chi connectivity index (χ0v) is 11.7. The molecule has 0 saturated heterocycles. The molecule has 0 fully saturated rings. The van der Waals surface area contributed by atoms with E-state index in [4.69, 9.17) is 17.3 Å². The van der Waals surface area contributed by atoms with E-state index in [0.717, 1.165) is 22.4 Å². The van der Waals surface area contributed by atoms with Gasteiger partial charge in [0.1, 0.15) is 0 Å². The van der Waals surface area contributed by atoms with Crippen LogP contribution < -0.4 is 5.73 Å². The SMILES string of the molecule is Cc1nn(C(C)C)cc1-c1ccc(CN)c(Cl)c1. The summed E-state index contributed by atoms with van der Waals surface area (Å²) in [6.07, 6.45) is 2.06. The molecule has 96 valence electrons. The molecule has 1 heterocycles. The van der Waals surface area contributed by atoms with E-state index in [0.29, 0.717) is 17.6 Å². The lowest BCUT2D eigenvalue weighted by atomic mass is 10.0. The third-order valence-electron chi connectivity index (χ3n) is 3.03. The summed E-state index contributed by atoms with van der Waals surface area (Å²) in [6, 6.07) is 6.33. The standard InChI is InChI=1S/C14H18ClN3/c1-9(2)18-8-13(10(3)17-18)11-4-5-12(7-16)14(15)6-11/h4-6,8-9H,7,16H2,1-3H3. The zero-order valence-electron chi connectivity index (χ0n) is 10.9. The summed E-state index contributed by atoms with van der Waals surface area (Å²) >= 11 is 6.19. The second-order valence-electron chi connectivity index (χ2n) is 4.71. The van der Waals surface area contributed by atoms with E-state index in [9.17, 15) is 0 Å². The maximum absolute atomic E-state index is 6.19. The fraction of sp³-hybridized carbons (Fsp3) is 0.357. The lowest BCUT2D eigenvalue weighted by Gasteiger charge is -2.05. The van der Waals surface area contributed by atoms with Gasteiger partial charge in [0, 0.05) is 29.4 Å². The lowest BCUT2D eigenvalue weighted by Crippen LogP contribution is -2.00. The first kappa shape index (κ1) is 13.1. The van der Waals surface area contributed by atoms with Gasteiger partial charge in [-0.2, -0.15) is 5.10 Å². The summed E-state index contributed by atoms with van der Waals surface area (Å²) in [5.74, 6) is 0. The summed E-state index contributed by atoms with van der Waals surface area (Å²) in [4.78, 5) is 0. The molecular weight excluding hydrogens is 246 g/mol. The molecule has 1 aromatic carbocycles. The number of nitrogens with zero attached hydrogens (tertiary/aromatic N) is 2. The van der Waals surface area contributed by atoms with Crippen molar-refractivity contribution in [1.82, 2.24) is 9.78 Å². The molecule has 2 aromatic rings. The second kappa shape index (κ2) is 5.12. The van der Waals surface area contributed by atoms with Gasteiger partial charge in [-0.25, -0.2) is 0 Å². The highest BCUT2D eigenvalue weighted by Crippen LogP contribution is 2.28. The van der Waals surface area contributed by atoms with E-state index in [1.54, 1.807) is 0 Å². The van der Waals surface area contributed by atoms with Crippen molar-refractivity contribution in [2.75, 3.05) is 0 Å². The van der Waals surface area contributed by atoms with Gasteiger partial charge in [-0.05, 0) is 38.0 Å². The van der Waals surface area contributed by atoms with E-state index in [1.165, 1.54) is 0 Å². The topological polar surface area (TPSA) is 43.8 Å². The Balaban J connectivity index is 2.45. The molecule has 18 heavy (non-hydrogen) atoms. The molecule has 2 rings (SSSR count). The second-order valence-corrected chi connectivity index (χ2v) is 5.12. The molecule has 0 aliphatic heterocycles. The van der Waals surface area contributed by atoms with Crippen LogP contribution in [-0.2, 0) is 6.54 Å². The van der Waals surface area contributed by atoms with Gasteiger partial charge in [0.15, 0.2) is 0 Å². The van der Waals surface area contributed by atoms with E-state index in [-0.39, 0.29) is 0 Å². The fourth-order valence-corrected chi connectivity index (χ4v) is 2.17. The maximum atomic E-state index is 6.19. The van der Waals surface area contributed by atoms with Crippen LogP contribution in [0.3, 0.4) is 0 Å². The first-order valence-electron chi connectivity index (χ1n) is 6.07. The number of hydrogen-bond donors (Lipinski definition) is 1. The van der Waals surface area contributed by atoms with Crippen LogP contribution in [0, 0.1) is 6.92 Å². The maximum Gasteiger partial charge on any atom is 0.0672 e. The van der Waals surface area contributed by atoms with Crippen molar-refractivity contribution < 1.29 is 0 Å². The highest BCUT2D eigenvalue weighted by molar-refractivity contribution is 6.31. The summed E-state index contributed by atoms with van der Waals surface area (Å²) in [6.45, 7) is 6.70. The van der Waals surface area contributed by atoms with Crippen molar-refractivity contribution in [3.8, 4) is 11.1 Å². The zero-order chi connectivity index (χ0) is 13.3. The Bertz CT molecular complexity index is 558. The number of benzene rings is 1. The summed E-state index contributed by atoms with van der Waals surface area (Å²) < 4.78 is 1.97. The van der Waals surface area contributed by atoms with E-state index in [1.807, 2.05) is 29.8 Å². The fourth-order valence-electron chi connectivity index (χ4n) is 1.91. The Labute approximate surface area is 113 Å². The summed E-state index contributed by atoms with van der Waals surface area (Å²) in [5, 5.41) is 5.22. The average molecular weight is 264 g/mol. The number of halogens is 1. The van der Waals surface area contributed by atoms with Gasteiger partial charge in [0.25, 0.3) is 0 Å². The van der Waals surface area contributed by atoms with Crippen molar-refractivity contribution in [2.24, 2.45) is 5.73 Å². The molecule has 0 spiro atoms. The van der Waals surface area contributed by atoms with Crippen LogP contribution in [-0.4, -0.2) is 9.78 Å². The van der Waals surface area contributed by atoms with Gasteiger partial charge in [0.05, 0.1) is 5.69 Å². The summed E-state index contributed by atoms with van der Waals surface area (Å²) in [5.41, 5.74) is 9.80. The highest BCUT2D eigenvalue weighted by atomic mass is 35.5. The number of aryl methyl sites for hydroxylation is 1. The van der Waals surface area contributed by atoms with Crippen LogP contribution in [0.25, 0.3) is 11.1 Å². The Morgan fingerprint density at radius 2 is 2.11 bits per heavy atom. The van der Waals surface area contributed by atoms with Crippen LogP contribution in [0.2, 0.25) is 5.02 Å². The Hall–Kier alpha value is -1.32. The van der Waals surface area contributed by atoms with Crippen LogP contribution in [0.15, 0.2) is 24.4 Å². The minimum atomic E-state index is 0.358. The first-order valence-corrected chi connectivity index (χ1v) is 6.45. The predicted molar refractivity (Wildman–Crippen MR) is 75.7 cm³/mol. The van der Waals surface area contributed by atoms with Crippen LogP contribution in [0.4, 0.5) is 0 Å². The molecule has 0 bridgehead atoms. The molecule has 0 amide bonds. The van der Waals surface area contributed by atoms with E-state index in [2.05, 4.69) is 25.1 Å². The molecule has 2 N–H and O–H groups in total. The van der Waals surface area contributed by atoms with Gasteiger partial charge >= 0.3 is 0 Å². The molecule has 3 nitrogen and oxygen atoms in total. The number of rotatable bonds is 3. The summed E-state index contributed by atoms with van der Waals surface area (Å²) in [7, 11) is 0. The predicted octanol–water partition coefficient (Wildman–Crippen LogP) is 3.55. The highest BCUT2D eigenvalue weighted by Gasteiger charge is 2.10. The minimum absolute atomic E-state index is 0.358. The van der Waals surface area contributed by atoms with Crippen LogP contribution in [0.1, 0.15) is 31.1 Å². The average Bonchev–Trinajstić information content (AvgIpc) is 2.71. The Kier molecular flexibility index (Phi) is 3.73. The quantitative estimate of drug-likeness (QED) is 0.920. The van der Waals surface area contributed by atoms with Crippen molar-refractivity contribution in [2.45, 2.75) is 33.4 Å². The van der Waals surface area contributed by atoms with E-state index < -0.39 is 0 Å². The van der Waals surface area contributed by atoms with Crippen molar-refractivity contribution in [1.29, 1.82) is 0 Å². The number of nitrogens with two attached hydrogens (primary N) is 1. The first-order chi connectivity index (χ1) is 8.52. The minimum Gasteiger partial charge on any atom is -0.326 e. The van der Waals surface area contributed by atoms with Crippen LogP contribution in [0.5, 0.6) is 0 Å². The lowest BCUT2D eigenvalue weighted by molar-refractivity contribution is 0.529. The molecule has 0 unspecified atom stereocenters. The third kappa shape index (κ3) is 2.42. The van der Waals surface area contributed by atoms with Crippen molar-refractivity contribution >= 4 is 11.6 Å². The molecule has 0 saturated carbocycles. The normalized spacial score (nSPS) is 11.2. The van der Waals surface area contributed by atoms with Gasteiger partial charge in [-0.1, -0.05) is 23.7 Å². The number of aromatic nitrogens is 2. The molecule has 0 atom stereocenters. The largest absolute Gasteiger partial charge is 0.326 e. The third-order valence-corrected chi connectivity index (χ3v) is 3.38. The monoisotopic (exact) mass is 263 g/mol. The van der Waals surface area contributed by atoms with Gasteiger partial charge in [-0.3, -0.25) is 4.68 Å². The molecule has 4 heteroatoms. The molecule has 0 aliphatic rings. The van der Waals surface area contributed by atoms with Gasteiger partial charge in [0.2, 0.25) is 0 Å². The number of hydrogen-bond acceptors (Lipinski definition) is 2. The Morgan fingerprint density at radius 1 is 1.39 bits per heavy atom. The van der Waals surface area contributed by atoms with Crippen molar-refractivity contribution in [3.63, 3.8) is 0 Å². The van der Waals surface area contributed by atoms with Gasteiger partial charge < -0.3 is 5.73 Å². The molecule has 0 aliphatic carbocycles. The van der Waals surface area contributed by atoms with Gasteiger partial charge in [-0.15, -0.1) is 0 Å². The molecule has 1 aromatic heterocycles. The van der Waals surface area contributed by atoms with Crippen LogP contribution >= 0.6 is 11.6 Å². The van der Waals surface area contributed by atoms with E-state index >= 15 is 0 Å². The smallest absolute Gasteiger partial charge is 0.0672 e. The van der Waals surface area contributed by atoms with Crippen molar-refractivity contribution in [3.05, 3.63) is 40.7 Å². The molecule has 0 radical (unpaired) electrons. The molecular formula is C14H18ClN3.